The summed E-state index contributed by atoms with van der Waals surface area (Å²) in [6.45, 7) is 1.52. The number of anilines is 1. The number of aliphatic carboxylic acids is 1. The van der Waals surface area contributed by atoms with E-state index in [0.717, 1.165) is 0 Å². The highest BCUT2D eigenvalue weighted by molar-refractivity contribution is 5.94. The summed E-state index contributed by atoms with van der Waals surface area (Å²) in [7, 11) is 0. The van der Waals surface area contributed by atoms with Crippen molar-refractivity contribution in [2.24, 2.45) is 5.73 Å². The first-order valence-electron chi connectivity index (χ1n) is 8.98. The van der Waals surface area contributed by atoms with Gasteiger partial charge in [0.05, 0.1) is 10.6 Å². The maximum absolute atomic E-state index is 12.3. The Morgan fingerprint density at radius 2 is 1.90 bits per heavy atom. The molecule has 30 heavy (non-hydrogen) atoms. The summed E-state index contributed by atoms with van der Waals surface area (Å²) in [5.74, 6) is -2.50. The predicted molar refractivity (Wildman–Crippen MR) is 107 cm³/mol. The van der Waals surface area contributed by atoms with Crippen LogP contribution in [0.2, 0.25) is 0 Å². The third kappa shape index (κ3) is 5.85. The molecule has 1 atom stereocenters. The molecule has 2 aromatic carbocycles. The van der Waals surface area contributed by atoms with Crippen LogP contribution in [0.15, 0.2) is 42.5 Å². The number of nitrogens with two attached hydrogens (primary N) is 1. The second kappa shape index (κ2) is 10.1. The Balaban J connectivity index is 2.10. The van der Waals surface area contributed by atoms with Crippen molar-refractivity contribution in [1.82, 2.24) is 0 Å². The van der Waals surface area contributed by atoms with Crippen LogP contribution in [0.25, 0.3) is 0 Å². The van der Waals surface area contributed by atoms with E-state index in [2.05, 4.69) is 5.32 Å². The molecule has 10 nitrogen and oxygen atoms in total. The molecule has 0 aliphatic carbocycles. The van der Waals surface area contributed by atoms with Crippen molar-refractivity contribution < 1.29 is 29.2 Å². The van der Waals surface area contributed by atoms with Gasteiger partial charge in [-0.1, -0.05) is 30.3 Å². The molecule has 4 N–H and O–H groups in total. The zero-order chi connectivity index (χ0) is 22.3. The Bertz CT molecular complexity index is 975. The van der Waals surface area contributed by atoms with E-state index in [9.17, 15) is 24.5 Å². The van der Waals surface area contributed by atoms with Crippen LogP contribution >= 0.6 is 0 Å². The summed E-state index contributed by atoms with van der Waals surface area (Å²) in [5, 5.41) is 22.6. The minimum absolute atomic E-state index is 0.0327. The number of benzene rings is 2. The van der Waals surface area contributed by atoms with Crippen molar-refractivity contribution in [1.29, 1.82) is 0 Å². The molecule has 0 unspecified atom stereocenters. The van der Waals surface area contributed by atoms with Gasteiger partial charge in [-0.15, -0.1) is 0 Å². The Hall–Kier alpha value is -3.79. The minimum atomic E-state index is -1.19. The first-order chi connectivity index (χ1) is 14.2. The summed E-state index contributed by atoms with van der Waals surface area (Å²) >= 11 is 0. The van der Waals surface area contributed by atoms with Crippen molar-refractivity contribution in [2.75, 3.05) is 5.32 Å². The van der Waals surface area contributed by atoms with Crippen LogP contribution in [0.4, 0.5) is 11.4 Å². The van der Waals surface area contributed by atoms with E-state index in [1.165, 1.54) is 24.3 Å². The number of carbonyl (C=O) groups is 3. The minimum Gasteiger partial charge on any atom is -0.480 e. The van der Waals surface area contributed by atoms with Gasteiger partial charge in [-0.2, -0.15) is 0 Å². The van der Waals surface area contributed by atoms with Gasteiger partial charge in [0.15, 0.2) is 0 Å². The van der Waals surface area contributed by atoms with Gasteiger partial charge in [-0.05, 0) is 25.0 Å². The van der Waals surface area contributed by atoms with Crippen LogP contribution in [0.1, 0.15) is 34.3 Å². The quantitative estimate of drug-likeness (QED) is 0.319. The number of nitrogens with one attached hydrogen (secondary N) is 1. The zero-order valence-corrected chi connectivity index (χ0v) is 16.2. The number of hydrogen-bond donors (Lipinski definition) is 3. The molecular weight excluding hydrogens is 394 g/mol. The van der Waals surface area contributed by atoms with E-state index in [1.54, 1.807) is 25.1 Å². The largest absolute Gasteiger partial charge is 0.480 e. The van der Waals surface area contributed by atoms with Crippen LogP contribution in [0.5, 0.6) is 0 Å². The van der Waals surface area contributed by atoms with E-state index in [1.807, 2.05) is 0 Å². The standard InChI is InChI=1S/C20H21N3O7/c1-12-5-4-6-13(18(12)22-17(24)10-9-15(21)19(25)26)11-30-20(27)14-7-2-3-8-16(14)23(28)29/h2-8,15H,9-11,21H2,1H3,(H,22,24)(H,25,26)/t15-/m0/s1. The molecule has 10 heteroatoms. The molecule has 0 fully saturated rings. The Kier molecular flexibility index (Phi) is 7.59. The normalized spacial score (nSPS) is 11.4. The molecule has 0 aromatic heterocycles. The van der Waals surface area contributed by atoms with Gasteiger partial charge in [0.2, 0.25) is 5.91 Å². The summed E-state index contributed by atoms with van der Waals surface area (Å²) < 4.78 is 5.22. The average Bonchev–Trinajstić information content (AvgIpc) is 2.71. The number of carboxylic acids is 1. The topological polar surface area (TPSA) is 162 Å². The lowest BCUT2D eigenvalue weighted by atomic mass is 10.1. The molecule has 2 aromatic rings. The molecule has 0 radical (unpaired) electrons. The zero-order valence-electron chi connectivity index (χ0n) is 16.2. The van der Waals surface area contributed by atoms with Crippen LogP contribution in [-0.2, 0) is 20.9 Å². The van der Waals surface area contributed by atoms with Gasteiger partial charge in [0, 0.05) is 18.1 Å². The van der Waals surface area contributed by atoms with Gasteiger partial charge in [-0.25, -0.2) is 4.79 Å². The number of rotatable bonds is 9. The van der Waals surface area contributed by atoms with Crippen LogP contribution in [0.3, 0.4) is 0 Å². The molecule has 0 aliphatic rings. The van der Waals surface area contributed by atoms with E-state index in [-0.39, 0.29) is 30.7 Å². The lowest BCUT2D eigenvalue weighted by molar-refractivity contribution is -0.385. The maximum atomic E-state index is 12.3. The highest BCUT2D eigenvalue weighted by Crippen LogP contribution is 2.24. The Morgan fingerprint density at radius 3 is 2.57 bits per heavy atom. The monoisotopic (exact) mass is 415 g/mol. The summed E-state index contributed by atoms with van der Waals surface area (Å²) in [6, 6.07) is 9.38. The number of amides is 1. The number of nitro benzene ring substituents is 1. The fourth-order valence-corrected chi connectivity index (χ4v) is 2.67. The molecule has 1 amide bonds. The van der Waals surface area contributed by atoms with Crippen LogP contribution < -0.4 is 11.1 Å². The number of carboxylic acid groups (broad SMARTS) is 1. The van der Waals surface area contributed by atoms with Gasteiger partial charge in [0.1, 0.15) is 18.2 Å². The lowest BCUT2D eigenvalue weighted by Crippen LogP contribution is -2.31. The van der Waals surface area contributed by atoms with Crippen molar-refractivity contribution in [3.8, 4) is 0 Å². The molecule has 2 rings (SSSR count). The van der Waals surface area contributed by atoms with E-state index < -0.39 is 28.8 Å². The Morgan fingerprint density at radius 1 is 1.20 bits per heavy atom. The number of para-hydroxylation sites is 2. The van der Waals surface area contributed by atoms with Crippen molar-refractivity contribution >= 4 is 29.2 Å². The van der Waals surface area contributed by atoms with E-state index in [0.29, 0.717) is 16.8 Å². The van der Waals surface area contributed by atoms with Crippen molar-refractivity contribution in [3.05, 3.63) is 69.3 Å². The molecule has 0 bridgehead atoms. The number of hydrogen-bond acceptors (Lipinski definition) is 7. The molecule has 0 saturated carbocycles. The number of aryl methyl sites for hydroxylation is 1. The van der Waals surface area contributed by atoms with Crippen molar-refractivity contribution in [3.63, 3.8) is 0 Å². The number of ether oxygens (including phenoxy) is 1. The second-order valence-corrected chi connectivity index (χ2v) is 6.49. The Labute approximate surface area is 171 Å². The van der Waals surface area contributed by atoms with E-state index in [4.69, 9.17) is 15.6 Å². The van der Waals surface area contributed by atoms with Crippen molar-refractivity contribution in [2.45, 2.75) is 32.4 Å². The number of nitro groups is 1. The summed E-state index contributed by atoms with van der Waals surface area (Å²) in [6.07, 6.45) is -0.133. The molecule has 158 valence electrons. The summed E-state index contributed by atoms with van der Waals surface area (Å²) in [5.41, 5.74) is 6.46. The summed E-state index contributed by atoms with van der Waals surface area (Å²) in [4.78, 5) is 45.7. The highest BCUT2D eigenvalue weighted by atomic mass is 16.6. The molecule has 0 heterocycles. The first kappa shape index (κ1) is 22.5. The fourth-order valence-electron chi connectivity index (χ4n) is 2.67. The number of esters is 1. The SMILES string of the molecule is Cc1cccc(COC(=O)c2ccccc2[N+](=O)[O-])c1NC(=O)CC[C@H](N)C(=O)O. The van der Waals surface area contributed by atoms with Gasteiger partial charge >= 0.3 is 11.9 Å². The molecular formula is C20H21N3O7. The second-order valence-electron chi connectivity index (χ2n) is 6.49. The highest BCUT2D eigenvalue weighted by Gasteiger charge is 2.21. The molecule has 0 saturated heterocycles. The number of nitrogens with zero attached hydrogens (tertiary/aromatic N) is 1. The predicted octanol–water partition coefficient (Wildman–Crippen LogP) is 2.39. The lowest BCUT2D eigenvalue weighted by Gasteiger charge is -2.15. The van der Waals surface area contributed by atoms with E-state index >= 15 is 0 Å². The van der Waals surface area contributed by atoms with Gasteiger partial charge in [0.25, 0.3) is 5.69 Å². The van der Waals surface area contributed by atoms with Crippen LogP contribution in [-0.4, -0.2) is 33.9 Å². The third-order valence-electron chi connectivity index (χ3n) is 4.30. The third-order valence-corrected chi connectivity index (χ3v) is 4.30. The molecule has 0 aliphatic heterocycles. The number of carbonyl (C=O) groups excluding carboxylic acids is 2. The smallest absolute Gasteiger partial charge is 0.345 e. The van der Waals surface area contributed by atoms with Gasteiger partial charge in [-0.3, -0.25) is 19.7 Å². The fraction of sp³-hybridized carbons (Fsp3) is 0.250. The first-order valence-corrected chi connectivity index (χ1v) is 8.98. The average molecular weight is 415 g/mol. The maximum Gasteiger partial charge on any atom is 0.345 e. The van der Waals surface area contributed by atoms with Gasteiger partial charge < -0.3 is 20.9 Å². The van der Waals surface area contributed by atoms with Crippen LogP contribution in [0, 0.1) is 17.0 Å². The molecule has 0 spiro atoms.